The monoisotopic (exact) mass is 639 g/mol. The highest BCUT2D eigenvalue weighted by atomic mass is 32.2. The summed E-state index contributed by atoms with van der Waals surface area (Å²) in [6.07, 6.45) is 5.07. The molecule has 0 saturated carbocycles. The number of ether oxygens (including phenoxy) is 1. The van der Waals surface area contributed by atoms with Crippen LogP contribution >= 0.6 is 25.3 Å². The van der Waals surface area contributed by atoms with E-state index in [0.717, 1.165) is 44.5 Å². The normalized spacial score (nSPS) is 12.6. The van der Waals surface area contributed by atoms with Gasteiger partial charge in [-0.1, -0.05) is 13.3 Å². The van der Waals surface area contributed by atoms with Crippen LogP contribution in [0.4, 0.5) is 26.3 Å². The quantitative estimate of drug-likeness (QED) is 0.0772. The van der Waals surface area contributed by atoms with Crippen LogP contribution in [0.3, 0.4) is 0 Å². The average molecular weight is 640 g/mol. The number of thiol groups is 2. The highest BCUT2D eigenvalue weighted by molar-refractivity contribution is 7.87. The highest BCUT2D eigenvalue weighted by Gasteiger charge is 2.47. The van der Waals surface area contributed by atoms with E-state index in [2.05, 4.69) is 40.5 Å². The molecule has 20 heteroatoms. The van der Waals surface area contributed by atoms with Crippen molar-refractivity contribution in [2.75, 3.05) is 39.7 Å². The smallest absolute Gasteiger partial charge is 0.481 e. The summed E-state index contributed by atoms with van der Waals surface area (Å²) < 4.78 is 117. The standard InChI is InChI=1S/C8H16O2S2.C5H13NO.2C2H3F3O3S/c9-8(10)4-2-1-3-7(12)5-6-11;1-2-4-7-5-3-6;2*1-8-9(6,7)2(3,4)5/h7,11-12H,1-6H2,(H,9,10);2-6H2,1H3;2*1H3. The van der Waals surface area contributed by atoms with E-state index < -0.39 is 37.2 Å². The van der Waals surface area contributed by atoms with E-state index in [4.69, 9.17) is 15.6 Å². The molecule has 228 valence electrons. The number of hydrogen-bond acceptors (Lipinski definition) is 11. The second-order valence-corrected chi connectivity index (χ2v) is 10.9. The zero-order valence-electron chi connectivity index (χ0n) is 20.4. The first-order chi connectivity index (χ1) is 16.7. The molecule has 0 heterocycles. The first-order valence-electron chi connectivity index (χ1n) is 10.2. The molecule has 0 spiro atoms. The van der Waals surface area contributed by atoms with Gasteiger partial charge in [-0.15, -0.1) is 0 Å². The van der Waals surface area contributed by atoms with Gasteiger partial charge in [-0.05, 0) is 31.4 Å². The number of halogens is 6. The first-order valence-corrected chi connectivity index (χ1v) is 14.2. The van der Waals surface area contributed by atoms with Gasteiger partial charge in [0.2, 0.25) is 0 Å². The van der Waals surface area contributed by atoms with Crippen LogP contribution in [-0.4, -0.2) is 83.9 Å². The molecule has 10 nitrogen and oxygen atoms in total. The van der Waals surface area contributed by atoms with Crippen molar-refractivity contribution in [3.05, 3.63) is 0 Å². The zero-order valence-corrected chi connectivity index (χ0v) is 23.8. The molecule has 0 amide bonds. The minimum Gasteiger partial charge on any atom is -0.481 e. The lowest BCUT2D eigenvalue weighted by Crippen LogP contribution is -2.23. The van der Waals surface area contributed by atoms with Gasteiger partial charge >= 0.3 is 37.2 Å². The van der Waals surface area contributed by atoms with Gasteiger partial charge < -0.3 is 15.6 Å². The average Bonchev–Trinajstić information content (AvgIpc) is 2.77. The third-order valence-corrected chi connectivity index (χ3v) is 6.04. The molecule has 0 saturated heterocycles. The van der Waals surface area contributed by atoms with Crippen LogP contribution in [0.25, 0.3) is 0 Å². The summed E-state index contributed by atoms with van der Waals surface area (Å²) in [6.45, 7) is 4.27. The topological polar surface area (TPSA) is 159 Å². The number of aliphatic carboxylic acids is 1. The lowest BCUT2D eigenvalue weighted by molar-refractivity contribution is -0.137. The summed E-state index contributed by atoms with van der Waals surface area (Å²) in [6, 6.07) is 0. The van der Waals surface area contributed by atoms with Crippen molar-refractivity contribution in [2.45, 2.75) is 61.7 Å². The van der Waals surface area contributed by atoms with Crippen molar-refractivity contribution in [2.24, 2.45) is 5.73 Å². The van der Waals surface area contributed by atoms with Crippen molar-refractivity contribution in [1.29, 1.82) is 0 Å². The summed E-state index contributed by atoms with van der Waals surface area (Å²) in [5.74, 6) is 0.146. The Morgan fingerprint density at radius 1 is 0.919 bits per heavy atom. The molecule has 1 atom stereocenters. The first kappa shape index (κ1) is 43.5. The fourth-order valence-electron chi connectivity index (χ4n) is 1.47. The second-order valence-electron chi connectivity index (χ2n) is 6.34. The van der Waals surface area contributed by atoms with Crippen LogP contribution in [0, 0.1) is 0 Å². The predicted molar refractivity (Wildman–Crippen MR) is 131 cm³/mol. The summed E-state index contributed by atoms with van der Waals surface area (Å²) in [5.41, 5.74) is -5.46. The van der Waals surface area contributed by atoms with E-state index >= 15 is 0 Å². The molecule has 0 aliphatic rings. The zero-order chi connectivity index (χ0) is 30.3. The molecule has 37 heavy (non-hydrogen) atoms. The van der Waals surface area contributed by atoms with Gasteiger partial charge in [0.1, 0.15) is 0 Å². The fourth-order valence-corrected chi connectivity index (χ4v) is 2.67. The summed E-state index contributed by atoms with van der Waals surface area (Å²) in [5, 5.41) is 8.74. The SMILES string of the molecule is CCCOCCN.COS(=O)(=O)C(F)(F)F.COS(=O)(=O)C(F)(F)F.O=C(O)CCCCC(S)CCS. The molecule has 1 unspecified atom stereocenters. The van der Waals surface area contributed by atoms with E-state index in [1.54, 1.807) is 0 Å². The number of carboxylic acids is 1. The van der Waals surface area contributed by atoms with Gasteiger partial charge in [-0.2, -0.15) is 68.4 Å². The maximum Gasteiger partial charge on any atom is 0.523 e. The van der Waals surface area contributed by atoms with Crippen LogP contribution in [0.1, 0.15) is 45.4 Å². The van der Waals surface area contributed by atoms with Gasteiger partial charge in [-0.3, -0.25) is 13.2 Å². The lowest BCUT2D eigenvalue weighted by atomic mass is 10.1. The van der Waals surface area contributed by atoms with Gasteiger partial charge in [0.25, 0.3) is 0 Å². The van der Waals surface area contributed by atoms with Crippen molar-refractivity contribution < 1.29 is 66.2 Å². The summed E-state index contributed by atoms with van der Waals surface area (Å²) in [4.78, 5) is 10.1. The highest BCUT2D eigenvalue weighted by Crippen LogP contribution is 2.24. The van der Waals surface area contributed by atoms with Gasteiger partial charge in [-0.25, -0.2) is 0 Å². The molecule has 0 aliphatic heterocycles. The Morgan fingerprint density at radius 3 is 1.59 bits per heavy atom. The van der Waals surface area contributed by atoms with E-state index in [0.29, 0.717) is 32.6 Å². The molecule has 0 aromatic heterocycles. The molecule has 0 aliphatic carbocycles. The van der Waals surface area contributed by atoms with Crippen LogP contribution in [0.2, 0.25) is 0 Å². The van der Waals surface area contributed by atoms with Crippen LogP contribution in [-0.2, 0) is 38.1 Å². The molecule has 0 bridgehead atoms. The van der Waals surface area contributed by atoms with E-state index in [1.165, 1.54) is 0 Å². The molecular formula is C17H35F6NO9S4. The number of unbranched alkanes of at least 4 members (excludes halogenated alkanes) is 1. The maximum absolute atomic E-state index is 11.1. The maximum atomic E-state index is 11.1. The van der Waals surface area contributed by atoms with E-state index in [1.807, 2.05) is 0 Å². The number of nitrogens with two attached hydrogens (primary N) is 1. The number of carbonyl (C=O) groups is 1. The molecule has 0 radical (unpaired) electrons. The molecule has 0 aromatic rings. The second kappa shape index (κ2) is 23.4. The van der Waals surface area contributed by atoms with E-state index in [-0.39, 0.29) is 6.42 Å². The minimum absolute atomic E-state index is 0.279. The Balaban J connectivity index is -0.000000200. The lowest BCUT2D eigenvalue weighted by Gasteiger charge is -2.06. The van der Waals surface area contributed by atoms with Crippen molar-refractivity contribution in [3.8, 4) is 0 Å². The summed E-state index contributed by atoms with van der Waals surface area (Å²) >= 11 is 8.43. The third kappa shape index (κ3) is 28.3. The minimum atomic E-state index is -5.34. The molecular weight excluding hydrogens is 604 g/mol. The Labute approximate surface area is 224 Å². The van der Waals surface area contributed by atoms with Crippen LogP contribution < -0.4 is 5.73 Å². The number of alkyl halides is 6. The van der Waals surface area contributed by atoms with Crippen molar-refractivity contribution in [3.63, 3.8) is 0 Å². The van der Waals surface area contributed by atoms with Crippen molar-refractivity contribution in [1.82, 2.24) is 0 Å². The Kier molecular flexibility index (Phi) is 27.5. The Hall–Kier alpha value is -0.510. The number of rotatable bonds is 13. The molecule has 3 N–H and O–H groups in total. The Bertz CT molecular complexity index is 716. The van der Waals surface area contributed by atoms with E-state index in [9.17, 15) is 48.0 Å². The van der Waals surface area contributed by atoms with Gasteiger partial charge in [0.15, 0.2) is 0 Å². The largest absolute Gasteiger partial charge is 0.523 e. The Morgan fingerprint density at radius 2 is 1.35 bits per heavy atom. The molecule has 0 aromatic carbocycles. The molecule has 0 fully saturated rings. The summed E-state index contributed by atoms with van der Waals surface area (Å²) in [7, 11) is -9.78. The van der Waals surface area contributed by atoms with Gasteiger partial charge in [0.05, 0.1) is 20.8 Å². The van der Waals surface area contributed by atoms with Crippen LogP contribution in [0.15, 0.2) is 0 Å². The van der Waals surface area contributed by atoms with Crippen molar-refractivity contribution >= 4 is 51.5 Å². The fraction of sp³-hybridized carbons (Fsp3) is 0.941. The number of carboxylic acid groups (broad SMARTS) is 1. The third-order valence-electron chi connectivity index (χ3n) is 3.26. The number of hydrogen-bond donors (Lipinski definition) is 4. The predicted octanol–water partition coefficient (Wildman–Crippen LogP) is 3.59. The molecule has 0 rings (SSSR count). The van der Waals surface area contributed by atoms with Crippen LogP contribution in [0.5, 0.6) is 0 Å². The van der Waals surface area contributed by atoms with Gasteiger partial charge in [0, 0.05) is 24.8 Å².